The third-order valence-electron chi connectivity index (χ3n) is 2.48. The molecule has 0 aliphatic heterocycles. The lowest BCUT2D eigenvalue weighted by Gasteiger charge is -2.06. The first-order valence-corrected chi connectivity index (χ1v) is 6.30. The largest absolute Gasteiger partial charge is 0.478 e. The van der Waals surface area contributed by atoms with Gasteiger partial charge in [-0.2, -0.15) is 0 Å². The Hall–Kier alpha value is -2.22. The molecule has 1 aromatic heterocycles. The summed E-state index contributed by atoms with van der Waals surface area (Å²) in [6.45, 7) is 2.25. The number of aromatic carboxylic acids is 1. The summed E-state index contributed by atoms with van der Waals surface area (Å²) in [6, 6.07) is 4.50. The lowest BCUT2D eigenvalue weighted by molar-refractivity contribution is 0.0693. The smallest absolute Gasteiger partial charge is 0.343 e. The van der Waals surface area contributed by atoms with E-state index >= 15 is 0 Å². The fraction of sp³-hybridized carbons (Fsp3) is 0.182. The van der Waals surface area contributed by atoms with Crippen LogP contribution in [0.25, 0.3) is 0 Å². The number of aromatic nitrogens is 3. The minimum absolute atomic E-state index is 0.123. The number of nitrogens with two attached hydrogens (primary N) is 1. The number of carboxylic acid groups (broad SMARTS) is 1. The topological polar surface area (TPSA) is 114 Å². The van der Waals surface area contributed by atoms with Gasteiger partial charge in [-0.25, -0.2) is 14.7 Å². The predicted octanol–water partition coefficient (Wildman–Crippen LogP) is 1.02. The quantitative estimate of drug-likeness (QED) is 0.720. The number of H-pyrrole nitrogens is 1. The molecule has 2 rings (SSSR count). The molecule has 0 radical (unpaired) electrons. The highest BCUT2D eigenvalue weighted by Gasteiger charge is 2.15. The fourth-order valence-electron chi connectivity index (χ4n) is 1.56. The van der Waals surface area contributed by atoms with Gasteiger partial charge in [-0.1, -0.05) is 0 Å². The van der Waals surface area contributed by atoms with Crippen molar-refractivity contribution < 1.29 is 9.90 Å². The van der Waals surface area contributed by atoms with Gasteiger partial charge in [0.25, 0.3) is 0 Å². The lowest BCUT2D eigenvalue weighted by Crippen LogP contribution is -2.16. The molecular weight excluding hydrogens is 268 g/mol. The minimum atomic E-state index is -1.05. The molecule has 0 spiro atoms. The number of hydrogen-bond acceptors (Lipinski definition) is 5. The average Bonchev–Trinajstić information content (AvgIpc) is 2.69. The van der Waals surface area contributed by atoms with Crippen molar-refractivity contribution in [1.29, 1.82) is 0 Å². The molecule has 1 heterocycles. The van der Waals surface area contributed by atoms with Crippen LogP contribution in [-0.4, -0.2) is 25.8 Å². The Morgan fingerprint density at radius 2 is 2.32 bits per heavy atom. The maximum absolute atomic E-state index is 11.4. The van der Waals surface area contributed by atoms with E-state index in [0.717, 1.165) is 11.8 Å². The Morgan fingerprint density at radius 3 is 2.95 bits per heavy atom. The molecule has 8 heteroatoms. The summed E-state index contributed by atoms with van der Waals surface area (Å²) in [5.74, 6) is -1.05. The Balaban J connectivity index is 2.45. The van der Waals surface area contributed by atoms with Crippen LogP contribution in [0.1, 0.15) is 17.3 Å². The number of nitrogens with one attached hydrogen (secondary N) is 1. The highest BCUT2D eigenvalue weighted by Crippen LogP contribution is 2.30. The van der Waals surface area contributed by atoms with Crippen LogP contribution < -0.4 is 11.4 Å². The molecule has 0 saturated carbocycles. The van der Waals surface area contributed by atoms with Crippen LogP contribution in [0.3, 0.4) is 0 Å². The van der Waals surface area contributed by atoms with Gasteiger partial charge in [0.1, 0.15) is 0 Å². The molecule has 0 aliphatic carbocycles. The van der Waals surface area contributed by atoms with Crippen LogP contribution in [0.15, 0.2) is 33.0 Å². The first-order chi connectivity index (χ1) is 9.02. The Labute approximate surface area is 112 Å². The van der Waals surface area contributed by atoms with Crippen molar-refractivity contribution in [3.05, 3.63) is 34.2 Å². The van der Waals surface area contributed by atoms with E-state index in [9.17, 15) is 9.59 Å². The number of carboxylic acids is 1. The number of rotatable bonds is 4. The summed E-state index contributed by atoms with van der Waals surface area (Å²) in [4.78, 5) is 23.0. The van der Waals surface area contributed by atoms with Gasteiger partial charge in [0.15, 0.2) is 5.16 Å². The molecule has 1 aromatic carbocycles. The maximum Gasteiger partial charge on any atom is 0.343 e. The fourth-order valence-corrected chi connectivity index (χ4v) is 2.63. The molecule has 2 aromatic rings. The van der Waals surface area contributed by atoms with Gasteiger partial charge in [-0.15, -0.1) is 5.10 Å². The van der Waals surface area contributed by atoms with Gasteiger partial charge < -0.3 is 10.8 Å². The molecule has 100 valence electrons. The van der Waals surface area contributed by atoms with E-state index in [2.05, 4.69) is 10.2 Å². The van der Waals surface area contributed by atoms with Crippen LogP contribution in [0.5, 0.6) is 0 Å². The van der Waals surface area contributed by atoms with E-state index < -0.39 is 5.97 Å². The Morgan fingerprint density at radius 1 is 1.58 bits per heavy atom. The molecule has 0 unspecified atom stereocenters. The molecule has 0 amide bonds. The summed E-state index contributed by atoms with van der Waals surface area (Å²) in [5.41, 5.74) is 5.90. The second kappa shape index (κ2) is 5.19. The van der Waals surface area contributed by atoms with Gasteiger partial charge in [0.2, 0.25) is 0 Å². The van der Waals surface area contributed by atoms with Crippen LogP contribution in [-0.2, 0) is 6.54 Å². The summed E-state index contributed by atoms with van der Waals surface area (Å²) in [5, 5.41) is 15.7. The van der Waals surface area contributed by atoms with E-state index in [1.165, 1.54) is 16.7 Å². The van der Waals surface area contributed by atoms with E-state index in [-0.39, 0.29) is 11.3 Å². The van der Waals surface area contributed by atoms with Crippen molar-refractivity contribution in [3.63, 3.8) is 0 Å². The van der Waals surface area contributed by atoms with Crippen LogP contribution in [0.2, 0.25) is 0 Å². The molecule has 0 saturated heterocycles. The minimum Gasteiger partial charge on any atom is -0.478 e. The molecule has 0 fully saturated rings. The average molecular weight is 280 g/mol. The van der Waals surface area contributed by atoms with Gasteiger partial charge in [0.05, 0.1) is 5.56 Å². The maximum atomic E-state index is 11.4. The third-order valence-corrected chi connectivity index (χ3v) is 3.53. The van der Waals surface area contributed by atoms with Crippen LogP contribution >= 0.6 is 11.8 Å². The first-order valence-electron chi connectivity index (χ1n) is 5.48. The summed E-state index contributed by atoms with van der Waals surface area (Å²) in [6.07, 6.45) is 0. The number of aromatic amines is 1. The van der Waals surface area contributed by atoms with Crippen molar-refractivity contribution in [2.24, 2.45) is 0 Å². The van der Waals surface area contributed by atoms with E-state index in [1.807, 2.05) is 0 Å². The number of anilines is 1. The number of hydrogen-bond donors (Lipinski definition) is 3. The van der Waals surface area contributed by atoms with Crippen molar-refractivity contribution in [2.75, 3.05) is 5.73 Å². The number of carbonyl (C=O) groups is 1. The monoisotopic (exact) mass is 280 g/mol. The molecular formula is C11H12N4O3S. The molecule has 4 N–H and O–H groups in total. The predicted molar refractivity (Wildman–Crippen MR) is 70.5 cm³/mol. The number of nitrogens with zero attached hydrogens (tertiary/aromatic N) is 2. The normalized spacial score (nSPS) is 10.6. The van der Waals surface area contributed by atoms with Gasteiger partial charge >= 0.3 is 11.7 Å². The van der Waals surface area contributed by atoms with Gasteiger partial charge in [-0.05, 0) is 36.9 Å². The zero-order valence-corrected chi connectivity index (χ0v) is 10.9. The zero-order chi connectivity index (χ0) is 14.0. The number of nitrogen functional groups attached to an aromatic ring is 1. The molecule has 19 heavy (non-hydrogen) atoms. The van der Waals surface area contributed by atoms with Crippen molar-refractivity contribution in [2.45, 2.75) is 23.5 Å². The molecule has 7 nitrogen and oxygen atoms in total. The zero-order valence-electron chi connectivity index (χ0n) is 10.1. The molecule has 0 atom stereocenters. The highest BCUT2D eigenvalue weighted by atomic mass is 32.2. The molecule has 0 bridgehead atoms. The second-order valence-electron chi connectivity index (χ2n) is 3.72. The summed E-state index contributed by atoms with van der Waals surface area (Å²) < 4.78 is 1.42. The Bertz CT molecular complexity index is 677. The number of benzene rings is 1. The van der Waals surface area contributed by atoms with Crippen molar-refractivity contribution >= 4 is 23.4 Å². The first kappa shape index (κ1) is 13.2. The third kappa shape index (κ3) is 2.63. The van der Waals surface area contributed by atoms with E-state index in [1.54, 1.807) is 13.0 Å². The standard InChI is InChI=1S/C11H12N4O3S/c1-2-15-10(18)13-14-11(15)19-8-5-6(12)3-4-7(8)9(16)17/h3-5H,2,12H2,1H3,(H,13,18)(H,16,17). The summed E-state index contributed by atoms with van der Waals surface area (Å²) >= 11 is 1.09. The second-order valence-corrected chi connectivity index (χ2v) is 4.73. The van der Waals surface area contributed by atoms with Crippen LogP contribution in [0.4, 0.5) is 5.69 Å². The summed E-state index contributed by atoms with van der Waals surface area (Å²) in [7, 11) is 0. The van der Waals surface area contributed by atoms with Crippen LogP contribution in [0, 0.1) is 0 Å². The molecule has 0 aliphatic rings. The Kier molecular flexibility index (Phi) is 3.61. The van der Waals surface area contributed by atoms with E-state index in [4.69, 9.17) is 10.8 Å². The van der Waals surface area contributed by atoms with Gasteiger partial charge in [-0.3, -0.25) is 4.57 Å². The SMILES string of the molecule is CCn1c(Sc2cc(N)ccc2C(=O)O)n[nH]c1=O. The lowest BCUT2D eigenvalue weighted by atomic mass is 10.2. The van der Waals surface area contributed by atoms with E-state index in [0.29, 0.717) is 22.3 Å². The highest BCUT2D eigenvalue weighted by molar-refractivity contribution is 7.99. The van der Waals surface area contributed by atoms with Gasteiger partial charge in [0, 0.05) is 17.1 Å². The van der Waals surface area contributed by atoms with Crippen molar-refractivity contribution in [1.82, 2.24) is 14.8 Å². The van der Waals surface area contributed by atoms with Crippen molar-refractivity contribution in [3.8, 4) is 0 Å².